The van der Waals surface area contributed by atoms with E-state index in [0.717, 1.165) is 0 Å². The van der Waals surface area contributed by atoms with Crippen molar-refractivity contribution in [1.82, 2.24) is 9.80 Å². The molecule has 1 aliphatic rings. The molecule has 2 aromatic rings. The molecule has 0 radical (unpaired) electrons. The minimum atomic E-state index is -0.397. The number of piperazine rings is 1. The minimum absolute atomic E-state index is 0.148. The number of ether oxygens (including phenoxy) is 2. The molecule has 1 aliphatic heterocycles. The summed E-state index contributed by atoms with van der Waals surface area (Å²) in [4.78, 5) is 28.8. The fourth-order valence-electron chi connectivity index (χ4n) is 3.13. The van der Waals surface area contributed by atoms with Crippen LogP contribution in [0.3, 0.4) is 0 Å². The Balaban J connectivity index is 1.67. The number of hydrogen-bond donors (Lipinski definition) is 0. The van der Waals surface area contributed by atoms with Crippen LogP contribution in [0.5, 0.6) is 11.5 Å². The number of aryl methyl sites for hydroxylation is 1. The zero-order valence-corrected chi connectivity index (χ0v) is 16.2. The number of benzene rings is 2. The molecule has 148 valence electrons. The van der Waals surface area contributed by atoms with Crippen LogP contribution in [0.4, 0.5) is 4.39 Å². The second kappa shape index (κ2) is 8.29. The molecule has 28 heavy (non-hydrogen) atoms. The second-order valence-corrected chi connectivity index (χ2v) is 6.65. The molecule has 2 amide bonds. The third kappa shape index (κ3) is 4.08. The number of methoxy groups -OCH3 is 2. The Hall–Kier alpha value is -3.09. The average molecular weight is 386 g/mol. The van der Waals surface area contributed by atoms with E-state index in [4.69, 9.17) is 9.47 Å². The highest BCUT2D eigenvalue weighted by molar-refractivity contribution is 5.96. The third-order valence-electron chi connectivity index (χ3n) is 4.87. The number of halogens is 1. The first-order valence-electron chi connectivity index (χ1n) is 9.00. The molecular formula is C21H23FN2O4. The Bertz CT molecular complexity index is 870. The topological polar surface area (TPSA) is 59.1 Å². The highest BCUT2D eigenvalue weighted by Crippen LogP contribution is 2.24. The van der Waals surface area contributed by atoms with E-state index in [1.54, 1.807) is 47.1 Å². The average Bonchev–Trinajstić information content (AvgIpc) is 2.74. The Morgan fingerprint density at radius 2 is 1.32 bits per heavy atom. The summed E-state index contributed by atoms with van der Waals surface area (Å²) >= 11 is 0. The van der Waals surface area contributed by atoms with Gasteiger partial charge in [-0.25, -0.2) is 4.39 Å². The Morgan fingerprint density at radius 1 is 0.821 bits per heavy atom. The van der Waals surface area contributed by atoms with Crippen LogP contribution < -0.4 is 9.47 Å². The van der Waals surface area contributed by atoms with E-state index in [1.165, 1.54) is 20.3 Å². The Labute approximate surface area is 163 Å². The van der Waals surface area contributed by atoms with Gasteiger partial charge in [0.25, 0.3) is 11.8 Å². The molecule has 0 bridgehead atoms. The van der Waals surface area contributed by atoms with Crippen LogP contribution in [0, 0.1) is 12.7 Å². The molecule has 0 unspecified atom stereocenters. The first-order chi connectivity index (χ1) is 13.4. The van der Waals surface area contributed by atoms with Gasteiger partial charge >= 0.3 is 0 Å². The lowest BCUT2D eigenvalue weighted by molar-refractivity contribution is 0.0535. The van der Waals surface area contributed by atoms with Gasteiger partial charge < -0.3 is 19.3 Å². The smallest absolute Gasteiger partial charge is 0.254 e. The zero-order chi connectivity index (χ0) is 20.3. The van der Waals surface area contributed by atoms with E-state index in [2.05, 4.69) is 0 Å². The van der Waals surface area contributed by atoms with Gasteiger partial charge in [0, 0.05) is 43.4 Å². The predicted octanol–water partition coefficient (Wildman–Crippen LogP) is 2.75. The monoisotopic (exact) mass is 386 g/mol. The number of amides is 2. The SMILES string of the molecule is COc1cc(OC)cc(C(=O)N2CCN(C(=O)c3ccc(C)c(F)c3)CC2)c1. The van der Waals surface area contributed by atoms with Crippen LogP contribution in [0.15, 0.2) is 36.4 Å². The van der Waals surface area contributed by atoms with Crippen molar-refractivity contribution < 1.29 is 23.5 Å². The summed E-state index contributed by atoms with van der Waals surface area (Å²) in [6.45, 7) is 3.24. The van der Waals surface area contributed by atoms with E-state index < -0.39 is 5.82 Å². The van der Waals surface area contributed by atoms with Crippen molar-refractivity contribution in [2.24, 2.45) is 0 Å². The van der Waals surface area contributed by atoms with Gasteiger partial charge in [-0.1, -0.05) is 6.07 Å². The summed E-state index contributed by atoms with van der Waals surface area (Å²) < 4.78 is 24.2. The highest BCUT2D eigenvalue weighted by Gasteiger charge is 2.26. The predicted molar refractivity (Wildman–Crippen MR) is 102 cm³/mol. The number of carbonyl (C=O) groups is 2. The molecule has 0 aliphatic carbocycles. The van der Waals surface area contributed by atoms with Crippen LogP contribution in [0.1, 0.15) is 26.3 Å². The maximum atomic E-state index is 13.7. The van der Waals surface area contributed by atoms with Gasteiger partial charge in [0.15, 0.2) is 0 Å². The van der Waals surface area contributed by atoms with Crippen molar-refractivity contribution in [2.45, 2.75) is 6.92 Å². The molecule has 0 N–H and O–H groups in total. The number of rotatable bonds is 4. The molecule has 1 saturated heterocycles. The lowest BCUT2D eigenvalue weighted by Crippen LogP contribution is -2.50. The molecular weight excluding hydrogens is 363 g/mol. The summed E-state index contributed by atoms with van der Waals surface area (Å²) in [6, 6.07) is 9.51. The highest BCUT2D eigenvalue weighted by atomic mass is 19.1. The molecule has 3 rings (SSSR count). The molecule has 0 saturated carbocycles. The molecule has 0 aromatic heterocycles. The molecule has 6 nitrogen and oxygen atoms in total. The van der Waals surface area contributed by atoms with Crippen molar-refractivity contribution in [3.05, 3.63) is 58.9 Å². The Morgan fingerprint density at radius 3 is 1.79 bits per heavy atom. The molecule has 0 atom stereocenters. The number of nitrogens with zero attached hydrogens (tertiary/aromatic N) is 2. The maximum absolute atomic E-state index is 13.7. The van der Waals surface area contributed by atoms with Crippen molar-refractivity contribution in [2.75, 3.05) is 40.4 Å². The quantitative estimate of drug-likeness (QED) is 0.811. The normalized spacial score (nSPS) is 14.0. The molecule has 1 heterocycles. The summed E-state index contributed by atoms with van der Waals surface area (Å²) in [6.07, 6.45) is 0. The van der Waals surface area contributed by atoms with E-state index in [-0.39, 0.29) is 11.8 Å². The van der Waals surface area contributed by atoms with Crippen LogP contribution in [0.25, 0.3) is 0 Å². The maximum Gasteiger partial charge on any atom is 0.254 e. The minimum Gasteiger partial charge on any atom is -0.497 e. The third-order valence-corrected chi connectivity index (χ3v) is 4.87. The number of carbonyl (C=O) groups excluding carboxylic acids is 2. The zero-order valence-electron chi connectivity index (χ0n) is 16.2. The summed E-state index contributed by atoms with van der Waals surface area (Å²) in [5, 5.41) is 0. The summed E-state index contributed by atoms with van der Waals surface area (Å²) in [5.41, 5.74) is 1.29. The van der Waals surface area contributed by atoms with E-state index in [0.29, 0.717) is 54.4 Å². The summed E-state index contributed by atoms with van der Waals surface area (Å²) in [7, 11) is 3.06. The van der Waals surface area contributed by atoms with Crippen LogP contribution in [0.2, 0.25) is 0 Å². The van der Waals surface area contributed by atoms with Gasteiger partial charge in [-0.2, -0.15) is 0 Å². The second-order valence-electron chi connectivity index (χ2n) is 6.65. The Kier molecular flexibility index (Phi) is 5.82. The van der Waals surface area contributed by atoms with Crippen molar-refractivity contribution in [1.29, 1.82) is 0 Å². The van der Waals surface area contributed by atoms with Gasteiger partial charge in [-0.3, -0.25) is 9.59 Å². The van der Waals surface area contributed by atoms with Gasteiger partial charge in [0.05, 0.1) is 14.2 Å². The van der Waals surface area contributed by atoms with E-state index in [9.17, 15) is 14.0 Å². The lowest BCUT2D eigenvalue weighted by Gasteiger charge is -2.35. The van der Waals surface area contributed by atoms with Gasteiger partial charge in [-0.05, 0) is 36.8 Å². The number of hydrogen-bond acceptors (Lipinski definition) is 4. The largest absolute Gasteiger partial charge is 0.497 e. The standard InChI is InChI=1S/C21H23FN2O4/c1-14-4-5-15(12-19(14)22)20(25)23-6-8-24(9-7-23)21(26)16-10-17(27-2)13-18(11-16)28-3/h4-5,10-13H,6-9H2,1-3H3. The molecule has 0 spiro atoms. The van der Waals surface area contributed by atoms with Crippen LogP contribution in [-0.4, -0.2) is 62.0 Å². The van der Waals surface area contributed by atoms with E-state index in [1.807, 2.05) is 0 Å². The van der Waals surface area contributed by atoms with Crippen molar-refractivity contribution in [3.8, 4) is 11.5 Å². The van der Waals surface area contributed by atoms with E-state index >= 15 is 0 Å². The molecule has 7 heteroatoms. The fraction of sp³-hybridized carbons (Fsp3) is 0.333. The molecule has 1 fully saturated rings. The van der Waals surface area contributed by atoms with Crippen LogP contribution in [-0.2, 0) is 0 Å². The molecule has 2 aromatic carbocycles. The fourth-order valence-corrected chi connectivity index (χ4v) is 3.13. The van der Waals surface area contributed by atoms with Gasteiger partial charge in [0.1, 0.15) is 17.3 Å². The van der Waals surface area contributed by atoms with Crippen molar-refractivity contribution >= 4 is 11.8 Å². The van der Waals surface area contributed by atoms with Gasteiger partial charge in [0.2, 0.25) is 0 Å². The van der Waals surface area contributed by atoms with Crippen molar-refractivity contribution in [3.63, 3.8) is 0 Å². The first kappa shape index (κ1) is 19.7. The van der Waals surface area contributed by atoms with Gasteiger partial charge in [-0.15, -0.1) is 0 Å². The van der Waals surface area contributed by atoms with Crippen LogP contribution >= 0.6 is 0 Å². The summed E-state index contributed by atoms with van der Waals surface area (Å²) in [5.74, 6) is 0.308. The first-order valence-corrected chi connectivity index (χ1v) is 9.00. The lowest BCUT2D eigenvalue weighted by atomic mass is 10.1.